The van der Waals surface area contributed by atoms with Crippen LogP contribution in [0.5, 0.6) is 0 Å². The molecule has 33 heavy (non-hydrogen) atoms. The number of hydrogen-bond acceptors (Lipinski definition) is 4. The molecule has 0 aliphatic carbocycles. The minimum Gasteiger partial charge on any atom is -0.320 e. The molecule has 0 saturated carbocycles. The Bertz CT molecular complexity index is 1390. The summed E-state index contributed by atoms with van der Waals surface area (Å²) in [5.74, 6) is -7.21. The van der Waals surface area contributed by atoms with Crippen LogP contribution in [0.25, 0.3) is 6.08 Å². The van der Waals surface area contributed by atoms with Crippen molar-refractivity contribution < 1.29 is 35.2 Å². The van der Waals surface area contributed by atoms with Crippen molar-refractivity contribution in [3.8, 4) is 0 Å². The molecule has 4 rings (SSSR count). The summed E-state index contributed by atoms with van der Waals surface area (Å²) in [6.45, 7) is 0. The van der Waals surface area contributed by atoms with Crippen molar-refractivity contribution in [1.82, 2.24) is 0 Å². The van der Waals surface area contributed by atoms with E-state index in [2.05, 4.69) is 5.32 Å². The van der Waals surface area contributed by atoms with Crippen LogP contribution in [0.1, 0.15) is 11.1 Å². The first-order valence-corrected chi connectivity index (χ1v) is 11.7. The molecule has 0 spiro atoms. The monoisotopic (exact) mass is 497 g/mol. The molecule has 0 unspecified atom stereocenters. The number of nitrogens with one attached hydrogen (secondary N) is 1. The maximum absolute atomic E-state index is 13.9. The average Bonchev–Trinajstić information content (AvgIpc) is 2.73. The van der Waals surface area contributed by atoms with Gasteiger partial charge in [0, 0.05) is 28.2 Å². The van der Waals surface area contributed by atoms with Crippen molar-refractivity contribution in [1.29, 1.82) is 0 Å². The zero-order chi connectivity index (χ0) is 23.9. The Morgan fingerprint density at radius 3 is 2.15 bits per heavy atom. The van der Waals surface area contributed by atoms with Crippen LogP contribution in [0.15, 0.2) is 63.2 Å². The summed E-state index contributed by atoms with van der Waals surface area (Å²) in [7, 11) is -4.18. The fraction of sp³-hybridized carbons (Fsp3) is 0.0455. The minimum absolute atomic E-state index is 0.0947. The number of benzene rings is 3. The van der Waals surface area contributed by atoms with Crippen molar-refractivity contribution >= 4 is 39.3 Å². The van der Waals surface area contributed by atoms with E-state index in [0.29, 0.717) is 17.0 Å². The Kier molecular flexibility index (Phi) is 6.02. The molecular formula is C22H12F5NO3S2. The predicted molar refractivity (Wildman–Crippen MR) is 112 cm³/mol. The minimum atomic E-state index is -4.18. The first kappa shape index (κ1) is 23.0. The average molecular weight is 497 g/mol. The molecule has 1 aliphatic rings. The Labute approximate surface area is 189 Å². The third-order valence-electron chi connectivity index (χ3n) is 4.72. The molecule has 0 bridgehead atoms. The largest absolute Gasteiger partial charge is 0.320 e. The van der Waals surface area contributed by atoms with Gasteiger partial charge in [0.25, 0.3) is 5.91 Å². The van der Waals surface area contributed by atoms with Gasteiger partial charge in [0.05, 0.1) is 21.2 Å². The van der Waals surface area contributed by atoms with E-state index in [9.17, 15) is 35.2 Å². The predicted octanol–water partition coefficient (Wildman–Crippen LogP) is 5.44. The molecule has 170 valence electrons. The third kappa shape index (κ3) is 4.64. The van der Waals surface area contributed by atoms with Gasteiger partial charge in [-0.25, -0.2) is 30.4 Å². The Morgan fingerprint density at radius 2 is 1.52 bits per heavy atom. The summed E-state index contributed by atoms with van der Waals surface area (Å²) < 4.78 is 94.1. The number of sulfone groups is 1. The van der Waals surface area contributed by atoms with Gasteiger partial charge in [0.15, 0.2) is 9.84 Å². The van der Waals surface area contributed by atoms with Crippen LogP contribution in [0.3, 0.4) is 0 Å². The lowest BCUT2D eigenvalue weighted by molar-refractivity contribution is -0.112. The lowest BCUT2D eigenvalue weighted by Gasteiger charge is -2.19. The maximum atomic E-state index is 13.9. The molecule has 3 aromatic rings. The molecule has 1 amide bonds. The summed E-state index contributed by atoms with van der Waals surface area (Å²) in [6.07, 6.45) is 0.915. The van der Waals surface area contributed by atoms with E-state index < -0.39 is 61.7 Å². The molecule has 11 heteroatoms. The second-order valence-corrected chi connectivity index (χ2v) is 10.0. The van der Waals surface area contributed by atoms with E-state index in [0.717, 1.165) is 42.1 Å². The molecule has 0 fully saturated rings. The number of thioether (sulfide) groups is 1. The summed E-state index contributed by atoms with van der Waals surface area (Å²) in [6, 6.07) is 7.61. The number of amides is 1. The van der Waals surface area contributed by atoms with Crippen molar-refractivity contribution in [3.05, 3.63) is 93.6 Å². The topological polar surface area (TPSA) is 63.2 Å². The van der Waals surface area contributed by atoms with Crippen LogP contribution in [-0.4, -0.2) is 14.3 Å². The van der Waals surface area contributed by atoms with Crippen LogP contribution < -0.4 is 5.32 Å². The number of halogens is 5. The zero-order valence-corrected chi connectivity index (χ0v) is 18.0. The van der Waals surface area contributed by atoms with Gasteiger partial charge in [-0.2, -0.15) is 0 Å². The lowest BCUT2D eigenvalue weighted by Crippen LogP contribution is -2.18. The third-order valence-corrected chi connectivity index (χ3v) is 7.46. The molecule has 1 aliphatic heterocycles. The molecule has 0 atom stereocenters. The van der Waals surface area contributed by atoms with Crippen molar-refractivity contribution in [2.75, 3.05) is 5.32 Å². The number of hydrogen-bond donors (Lipinski definition) is 1. The zero-order valence-electron chi connectivity index (χ0n) is 16.3. The van der Waals surface area contributed by atoms with Gasteiger partial charge in [0.1, 0.15) is 29.1 Å². The molecule has 3 aromatic carbocycles. The summed E-state index contributed by atoms with van der Waals surface area (Å²) in [5.41, 5.74) is -1.12. The van der Waals surface area contributed by atoms with Crippen LogP contribution in [0.2, 0.25) is 0 Å². The van der Waals surface area contributed by atoms with E-state index in [-0.39, 0.29) is 15.5 Å². The summed E-state index contributed by atoms with van der Waals surface area (Å²) in [4.78, 5) is 12.4. The van der Waals surface area contributed by atoms with Crippen molar-refractivity contribution in [2.24, 2.45) is 0 Å². The fourth-order valence-corrected chi connectivity index (χ4v) is 5.41. The second kappa shape index (κ2) is 8.64. The summed E-state index contributed by atoms with van der Waals surface area (Å²) in [5, 5.41) is 2.42. The van der Waals surface area contributed by atoms with Crippen molar-refractivity contribution in [3.63, 3.8) is 0 Å². The molecular weight excluding hydrogens is 485 g/mol. The van der Waals surface area contributed by atoms with Crippen LogP contribution >= 0.6 is 11.8 Å². The van der Waals surface area contributed by atoms with E-state index >= 15 is 0 Å². The lowest BCUT2D eigenvalue weighted by atomic mass is 10.1. The van der Waals surface area contributed by atoms with Crippen LogP contribution in [-0.2, 0) is 20.4 Å². The maximum Gasteiger partial charge on any atom is 0.262 e. The van der Waals surface area contributed by atoms with Gasteiger partial charge in [-0.05, 0) is 36.4 Å². The van der Waals surface area contributed by atoms with Crippen LogP contribution in [0, 0.1) is 29.1 Å². The highest BCUT2D eigenvalue weighted by molar-refractivity contribution is 8.04. The first-order valence-electron chi connectivity index (χ1n) is 9.20. The first-order chi connectivity index (χ1) is 15.5. The fourth-order valence-electron chi connectivity index (χ4n) is 3.10. The summed E-state index contributed by atoms with van der Waals surface area (Å²) >= 11 is 0.817. The highest BCUT2D eigenvalue weighted by Gasteiger charge is 2.26. The normalized spacial score (nSPS) is 14.8. The second-order valence-electron chi connectivity index (χ2n) is 6.97. The van der Waals surface area contributed by atoms with Crippen LogP contribution in [0.4, 0.5) is 27.6 Å². The van der Waals surface area contributed by atoms with Gasteiger partial charge < -0.3 is 5.32 Å². The Hall–Kier alpha value is -3.18. The Balaban J connectivity index is 1.65. The molecule has 1 N–H and O–H groups in total. The number of anilines is 1. The van der Waals surface area contributed by atoms with Crippen molar-refractivity contribution in [2.45, 2.75) is 15.5 Å². The van der Waals surface area contributed by atoms with E-state index in [1.807, 2.05) is 0 Å². The van der Waals surface area contributed by atoms with Gasteiger partial charge in [0.2, 0.25) is 0 Å². The van der Waals surface area contributed by atoms with Gasteiger partial charge in [-0.1, -0.05) is 17.8 Å². The molecule has 0 radical (unpaired) electrons. The standard InChI is InChI=1S/C22H12F5NO3S2/c23-11-6-17(26)13(18(27)7-11)9-21-22(29)28-19-8-12(4-5-20(19)32-21)33(30,31)10-14-15(24)2-1-3-16(14)25/h1-9H,10H2,(H,28,29)/b21-9+. The number of carbonyl (C=O) groups is 1. The van der Waals surface area contributed by atoms with Gasteiger partial charge in [-0.15, -0.1) is 0 Å². The highest BCUT2D eigenvalue weighted by Crippen LogP contribution is 2.40. The van der Waals surface area contributed by atoms with E-state index in [1.165, 1.54) is 12.1 Å². The molecule has 4 nitrogen and oxygen atoms in total. The van der Waals surface area contributed by atoms with Gasteiger partial charge in [-0.3, -0.25) is 4.79 Å². The quantitative estimate of drug-likeness (QED) is 0.385. The SMILES string of the molecule is O=C1Nc2cc(S(=O)(=O)Cc3c(F)cccc3F)ccc2S/C1=C/c1c(F)cc(F)cc1F. The molecule has 0 saturated heterocycles. The molecule has 0 aromatic heterocycles. The number of fused-ring (bicyclic) bond motifs is 1. The number of carbonyl (C=O) groups excluding carboxylic acids is 1. The van der Waals surface area contributed by atoms with Gasteiger partial charge >= 0.3 is 0 Å². The number of rotatable bonds is 4. The molecule has 1 heterocycles. The van der Waals surface area contributed by atoms with E-state index in [4.69, 9.17) is 0 Å². The smallest absolute Gasteiger partial charge is 0.262 e. The Morgan fingerprint density at radius 1 is 0.879 bits per heavy atom. The van der Waals surface area contributed by atoms with E-state index in [1.54, 1.807) is 0 Å². The highest BCUT2D eigenvalue weighted by atomic mass is 32.2.